The summed E-state index contributed by atoms with van der Waals surface area (Å²) in [5.74, 6) is -0.209. The molecule has 0 atom stereocenters. The molecular weight excluding hydrogens is 268 g/mol. The van der Waals surface area contributed by atoms with Gasteiger partial charge in [0.05, 0.1) is 19.8 Å². The summed E-state index contributed by atoms with van der Waals surface area (Å²) in [7, 11) is 3.03. The van der Waals surface area contributed by atoms with Crippen LogP contribution in [0.2, 0.25) is 0 Å². The zero-order chi connectivity index (χ0) is 14.0. The molecule has 1 aromatic carbocycles. The van der Waals surface area contributed by atoms with Gasteiger partial charge in [0.25, 0.3) is 0 Å². The Hall–Kier alpha value is -1.95. The predicted molar refractivity (Wildman–Crippen MR) is 71.1 cm³/mol. The van der Waals surface area contributed by atoms with Crippen molar-refractivity contribution in [2.75, 3.05) is 20.5 Å². The number of carbonyl (C=O) groups excluding carboxylic acids is 2. The van der Waals surface area contributed by atoms with Gasteiger partial charge in [-0.2, -0.15) is 0 Å². The van der Waals surface area contributed by atoms with Gasteiger partial charge in [-0.3, -0.25) is 0 Å². The quantitative estimate of drug-likeness (QED) is 0.619. The summed E-state index contributed by atoms with van der Waals surface area (Å²) in [5.41, 5.74) is 0.830. The van der Waals surface area contributed by atoms with E-state index in [1.54, 1.807) is 24.5 Å². The maximum absolute atomic E-state index is 11.7. The Morgan fingerprint density at radius 1 is 1.05 bits per heavy atom. The first-order valence-corrected chi connectivity index (χ1v) is 6.62. The molecule has 0 spiro atoms. The van der Waals surface area contributed by atoms with Gasteiger partial charge in [-0.05, 0) is 24.0 Å². The highest BCUT2D eigenvalue weighted by Crippen LogP contribution is 2.36. The van der Waals surface area contributed by atoms with E-state index in [1.807, 2.05) is 0 Å². The minimum absolute atomic E-state index is 0.262. The number of ether oxygens (including phenoxy) is 3. The normalized spacial score (nSPS) is 14.7. The fourth-order valence-electron chi connectivity index (χ4n) is 1.80. The molecule has 5 nitrogen and oxygen atoms in total. The fourth-order valence-corrected chi connectivity index (χ4v) is 2.42. The van der Waals surface area contributed by atoms with Crippen molar-refractivity contribution in [1.29, 1.82) is 0 Å². The minimum Gasteiger partial charge on any atom is -0.493 e. The third-order valence-corrected chi connectivity index (χ3v) is 3.46. The number of cyclic esters (lactones) is 2. The monoisotopic (exact) mass is 280 g/mol. The number of hydrogen-bond acceptors (Lipinski definition) is 6. The van der Waals surface area contributed by atoms with E-state index in [0.29, 0.717) is 22.0 Å². The number of esters is 2. The van der Waals surface area contributed by atoms with Gasteiger partial charge in [0.15, 0.2) is 11.5 Å². The molecule has 2 rings (SSSR count). The minimum atomic E-state index is -0.637. The molecule has 0 saturated heterocycles. The van der Waals surface area contributed by atoms with Crippen molar-refractivity contribution in [2.45, 2.75) is 0 Å². The van der Waals surface area contributed by atoms with Gasteiger partial charge in [-0.25, -0.2) is 9.59 Å². The molecule has 0 fully saturated rings. The predicted octanol–water partition coefficient (Wildman–Crippen LogP) is 1.86. The maximum atomic E-state index is 11.7. The number of thioether (sulfide) groups is 1. The van der Waals surface area contributed by atoms with Gasteiger partial charge < -0.3 is 14.2 Å². The van der Waals surface area contributed by atoms with Crippen LogP contribution in [-0.2, 0) is 14.3 Å². The first-order chi connectivity index (χ1) is 9.12. The van der Waals surface area contributed by atoms with E-state index in [4.69, 9.17) is 9.47 Å². The molecule has 1 aliphatic heterocycles. The van der Waals surface area contributed by atoms with Crippen LogP contribution >= 0.6 is 11.8 Å². The molecule has 0 aromatic heterocycles. The zero-order valence-corrected chi connectivity index (χ0v) is 11.5. The topological polar surface area (TPSA) is 61.8 Å². The van der Waals surface area contributed by atoms with E-state index in [0.717, 1.165) is 0 Å². The Balaban J connectivity index is 2.55. The van der Waals surface area contributed by atoms with Crippen LogP contribution in [0, 0.1) is 0 Å². The van der Waals surface area contributed by atoms with E-state index in [2.05, 4.69) is 4.74 Å². The van der Waals surface area contributed by atoms with Crippen molar-refractivity contribution in [3.63, 3.8) is 0 Å². The van der Waals surface area contributed by atoms with Gasteiger partial charge in [0.1, 0.15) is 4.91 Å². The number of carbonyl (C=O) groups is 2. The second-order valence-corrected chi connectivity index (χ2v) is 4.47. The summed E-state index contributed by atoms with van der Waals surface area (Å²) >= 11 is 1.18. The van der Waals surface area contributed by atoms with E-state index in [-0.39, 0.29) is 5.57 Å². The summed E-state index contributed by atoms with van der Waals surface area (Å²) in [6.45, 7) is 0. The molecule has 1 heterocycles. The highest BCUT2D eigenvalue weighted by Gasteiger charge is 2.33. The van der Waals surface area contributed by atoms with Crippen molar-refractivity contribution >= 4 is 29.3 Å². The van der Waals surface area contributed by atoms with Crippen LogP contribution in [-0.4, -0.2) is 32.4 Å². The van der Waals surface area contributed by atoms with E-state index >= 15 is 0 Å². The molecule has 0 aliphatic carbocycles. The molecule has 0 unspecified atom stereocenters. The Morgan fingerprint density at radius 2 is 1.74 bits per heavy atom. The van der Waals surface area contributed by atoms with E-state index < -0.39 is 11.9 Å². The molecule has 0 amide bonds. The first kappa shape index (κ1) is 13.5. The lowest BCUT2D eigenvalue weighted by Crippen LogP contribution is -2.02. The maximum Gasteiger partial charge on any atom is 0.353 e. The molecule has 1 aromatic rings. The van der Waals surface area contributed by atoms with Crippen molar-refractivity contribution in [3.05, 3.63) is 28.7 Å². The molecule has 0 saturated carbocycles. The Bertz CT molecular complexity index is 576. The SMILES string of the molecule is COc1ccc(C2=C(SC)C(=O)OC2=O)cc1OC. The Kier molecular flexibility index (Phi) is 3.80. The first-order valence-electron chi connectivity index (χ1n) is 5.39. The van der Waals surface area contributed by atoms with Crippen molar-refractivity contribution in [3.8, 4) is 11.5 Å². The summed E-state index contributed by atoms with van der Waals surface area (Å²) in [5, 5.41) is 0. The fraction of sp³-hybridized carbons (Fsp3) is 0.231. The summed E-state index contributed by atoms with van der Waals surface area (Å²) < 4.78 is 14.9. The van der Waals surface area contributed by atoms with Crippen LogP contribution in [0.5, 0.6) is 11.5 Å². The average molecular weight is 280 g/mol. The van der Waals surface area contributed by atoms with Crippen molar-refractivity contribution < 1.29 is 23.8 Å². The van der Waals surface area contributed by atoms with E-state index in [1.165, 1.54) is 26.0 Å². The Labute approximate surface area is 114 Å². The van der Waals surface area contributed by atoms with Crippen LogP contribution in [0.3, 0.4) is 0 Å². The standard InChI is InChI=1S/C13H12O5S/c1-16-8-5-4-7(6-9(8)17-2)10-11(19-3)13(15)18-12(10)14/h4-6H,1-3H3. The number of methoxy groups -OCH3 is 2. The largest absolute Gasteiger partial charge is 0.493 e. The second-order valence-electron chi connectivity index (χ2n) is 3.65. The van der Waals surface area contributed by atoms with Crippen molar-refractivity contribution in [2.24, 2.45) is 0 Å². The van der Waals surface area contributed by atoms with Gasteiger partial charge in [-0.15, -0.1) is 11.8 Å². The molecule has 100 valence electrons. The van der Waals surface area contributed by atoms with Gasteiger partial charge in [-0.1, -0.05) is 6.07 Å². The number of benzene rings is 1. The van der Waals surface area contributed by atoms with Crippen LogP contribution in [0.25, 0.3) is 5.57 Å². The van der Waals surface area contributed by atoms with Crippen LogP contribution in [0.1, 0.15) is 5.56 Å². The highest BCUT2D eigenvalue weighted by molar-refractivity contribution is 8.03. The Morgan fingerprint density at radius 3 is 2.32 bits per heavy atom. The molecule has 0 radical (unpaired) electrons. The number of hydrogen-bond donors (Lipinski definition) is 0. The molecular formula is C13H12O5S. The third-order valence-electron chi connectivity index (χ3n) is 2.68. The molecule has 0 bridgehead atoms. The van der Waals surface area contributed by atoms with Gasteiger partial charge in [0.2, 0.25) is 0 Å². The van der Waals surface area contributed by atoms with Gasteiger partial charge >= 0.3 is 11.9 Å². The summed E-state index contributed by atoms with van der Waals surface area (Å²) in [4.78, 5) is 23.5. The lowest BCUT2D eigenvalue weighted by Gasteiger charge is -2.09. The summed E-state index contributed by atoms with van der Waals surface area (Å²) in [6.07, 6.45) is 1.72. The third kappa shape index (κ3) is 2.31. The molecule has 19 heavy (non-hydrogen) atoms. The van der Waals surface area contributed by atoms with Gasteiger partial charge in [0, 0.05) is 0 Å². The van der Waals surface area contributed by atoms with Crippen LogP contribution in [0.15, 0.2) is 23.1 Å². The highest BCUT2D eigenvalue weighted by atomic mass is 32.2. The number of rotatable bonds is 4. The molecule has 6 heteroatoms. The van der Waals surface area contributed by atoms with Crippen molar-refractivity contribution in [1.82, 2.24) is 0 Å². The average Bonchev–Trinajstić information content (AvgIpc) is 2.71. The van der Waals surface area contributed by atoms with E-state index in [9.17, 15) is 9.59 Å². The lowest BCUT2D eigenvalue weighted by molar-refractivity contribution is -0.149. The lowest BCUT2D eigenvalue weighted by atomic mass is 10.1. The molecule has 0 N–H and O–H groups in total. The second kappa shape index (κ2) is 5.36. The zero-order valence-electron chi connectivity index (χ0n) is 10.7. The van der Waals surface area contributed by atoms with Crippen LogP contribution < -0.4 is 9.47 Å². The smallest absolute Gasteiger partial charge is 0.353 e. The van der Waals surface area contributed by atoms with Crippen LogP contribution in [0.4, 0.5) is 0 Å². The molecule has 1 aliphatic rings. The summed E-state index contributed by atoms with van der Waals surface area (Å²) in [6, 6.07) is 5.01.